The molecule has 0 spiro atoms. The minimum absolute atomic E-state index is 0.328. The minimum Gasteiger partial charge on any atom is -0.364 e. The fraction of sp³-hybridized carbons (Fsp3) is 0.467. The van der Waals surface area contributed by atoms with Crippen molar-refractivity contribution >= 4 is 27.4 Å². The topological polar surface area (TPSA) is 68.5 Å². The van der Waals surface area contributed by atoms with E-state index in [0.29, 0.717) is 12.0 Å². The Morgan fingerprint density at radius 3 is 3.14 bits per heavy atom. The number of nitrogens with zero attached hydrogens (tertiary/aromatic N) is 5. The lowest BCUT2D eigenvalue weighted by Gasteiger charge is -2.24. The molecule has 4 heterocycles. The molecule has 1 aliphatic heterocycles. The van der Waals surface area contributed by atoms with Crippen molar-refractivity contribution in [3.05, 3.63) is 29.4 Å². The SMILES string of the molecule is CC(C)c1nc2n(n1)C[C@H](Nc1ncnc3ccsc13)CC2. The summed E-state index contributed by atoms with van der Waals surface area (Å²) in [6, 6.07) is 2.35. The van der Waals surface area contributed by atoms with Crippen molar-refractivity contribution in [1.29, 1.82) is 0 Å². The fourth-order valence-corrected chi connectivity index (χ4v) is 3.57. The molecule has 0 aromatic carbocycles. The summed E-state index contributed by atoms with van der Waals surface area (Å²) < 4.78 is 3.17. The van der Waals surface area contributed by atoms with Crippen LogP contribution in [0.2, 0.25) is 0 Å². The minimum atomic E-state index is 0.328. The number of nitrogens with one attached hydrogen (secondary N) is 1. The smallest absolute Gasteiger partial charge is 0.153 e. The molecule has 0 fully saturated rings. The third kappa shape index (κ3) is 2.35. The number of hydrogen-bond acceptors (Lipinski definition) is 6. The monoisotopic (exact) mass is 314 g/mol. The molecule has 114 valence electrons. The quantitative estimate of drug-likeness (QED) is 0.805. The summed E-state index contributed by atoms with van der Waals surface area (Å²) in [6.45, 7) is 5.10. The van der Waals surface area contributed by atoms with Crippen LogP contribution < -0.4 is 5.32 Å². The average molecular weight is 314 g/mol. The summed E-state index contributed by atoms with van der Waals surface area (Å²) in [4.78, 5) is 13.3. The number of anilines is 1. The lowest BCUT2D eigenvalue weighted by molar-refractivity contribution is 0.439. The first-order valence-corrected chi connectivity index (χ1v) is 8.47. The highest BCUT2D eigenvalue weighted by Gasteiger charge is 2.23. The summed E-state index contributed by atoms with van der Waals surface area (Å²) in [5.41, 5.74) is 1.00. The zero-order valence-corrected chi connectivity index (χ0v) is 13.5. The predicted octanol–water partition coefficient (Wildman–Crippen LogP) is 2.83. The van der Waals surface area contributed by atoms with Gasteiger partial charge in [0, 0.05) is 18.4 Å². The second-order valence-electron chi connectivity index (χ2n) is 5.96. The summed E-state index contributed by atoms with van der Waals surface area (Å²) in [7, 11) is 0. The van der Waals surface area contributed by atoms with Crippen molar-refractivity contribution < 1.29 is 0 Å². The average Bonchev–Trinajstić information content (AvgIpc) is 3.13. The maximum Gasteiger partial charge on any atom is 0.153 e. The number of rotatable bonds is 3. The summed E-state index contributed by atoms with van der Waals surface area (Å²) in [6.07, 6.45) is 3.63. The Hall–Kier alpha value is -2.02. The zero-order chi connectivity index (χ0) is 15.1. The van der Waals surface area contributed by atoms with Crippen LogP contribution in [-0.4, -0.2) is 30.8 Å². The molecule has 1 N–H and O–H groups in total. The van der Waals surface area contributed by atoms with Crippen molar-refractivity contribution in [1.82, 2.24) is 24.7 Å². The Kier molecular flexibility index (Phi) is 3.29. The van der Waals surface area contributed by atoms with E-state index in [2.05, 4.69) is 44.6 Å². The molecule has 0 saturated heterocycles. The lowest BCUT2D eigenvalue weighted by atomic mass is 10.1. The summed E-state index contributed by atoms with van der Waals surface area (Å²) >= 11 is 1.67. The molecule has 0 amide bonds. The van der Waals surface area contributed by atoms with E-state index >= 15 is 0 Å². The molecular formula is C15H18N6S. The summed E-state index contributed by atoms with van der Waals surface area (Å²) in [5.74, 6) is 3.35. The van der Waals surface area contributed by atoms with Crippen LogP contribution in [0.25, 0.3) is 10.2 Å². The van der Waals surface area contributed by atoms with Gasteiger partial charge in [-0.15, -0.1) is 11.3 Å². The van der Waals surface area contributed by atoms with Gasteiger partial charge in [-0.2, -0.15) is 5.10 Å². The van der Waals surface area contributed by atoms with Gasteiger partial charge in [-0.25, -0.2) is 19.6 Å². The first-order chi connectivity index (χ1) is 10.7. The maximum atomic E-state index is 4.63. The van der Waals surface area contributed by atoms with Crippen LogP contribution in [0.5, 0.6) is 0 Å². The Morgan fingerprint density at radius 1 is 1.36 bits per heavy atom. The molecule has 3 aromatic rings. The van der Waals surface area contributed by atoms with Crippen LogP contribution in [-0.2, 0) is 13.0 Å². The van der Waals surface area contributed by atoms with Crippen LogP contribution in [0.1, 0.15) is 37.8 Å². The van der Waals surface area contributed by atoms with Gasteiger partial charge in [0.25, 0.3) is 0 Å². The largest absolute Gasteiger partial charge is 0.364 e. The normalized spacial score (nSPS) is 17.9. The predicted molar refractivity (Wildman–Crippen MR) is 87.3 cm³/mol. The van der Waals surface area contributed by atoms with Crippen LogP contribution >= 0.6 is 11.3 Å². The first-order valence-electron chi connectivity index (χ1n) is 7.59. The Labute approximate surface area is 132 Å². The van der Waals surface area contributed by atoms with E-state index in [0.717, 1.165) is 47.1 Å². The van der Waals surface area contributed by atoms with E-state index in [1.807, 2.05) is 10.7 Å². The van der Waals surface area contributed by atoms with Crippen LogP contribution in [0.15, 0.2) is 17.8 Å². The number of fused-ring (bicyclic) bond motifs is 2. The van der Waals surface area contributed by atoms with Crippen LogP contribution in [0.4, 0.5) is 5.82 Å². The number of aromatic nitrogens is 5. The zero-order valence-electron chi connectivity index (χ0n) is 12.7. The van der Waals surface area contributed by atoms with Crippen molar-refractivity contribution in [3.63, 3.8) is 0 Å². The molecule has 0 bridgehead atoms. The Morgan fingerprint density at radius 2 is 2.27 bits per heavy atom. The van der Waals surface area contributed by atoms with Crippen LogP contribution in [0.3, 0.4) is 0 Å². The van der Waals surface area contributed by atoms with E-state index in [1.165, 1.54) is 0 Å². The van der Waals surface area contributed by atoms with E-state index < -0.39 is 0 Å². The highest BCUT2D eigenvalue weighted by Crippen LogP contribution is 2.27. The molecule has 0 aliphatic carbocycles. The molecule has 1 atom stereocenters. The van der Waals surface area contributed by atoms with E-state index in [9.17, 15) is 0 Å². The van der Waals surface area contributed by atoms with Gasteiger partial charge in [-0.1, -0.05) is 13.8 Å². The molecule has 3 aromatic heterocycles. The molecule has 4 rings (SSSR count). The van der Waals surface area contributed by atoms with Gasteiger partial charge in [0.2, 0.25) is 0 Å². The Balaban J connectivity index is 1.56. The van der Waals surface area contributed by atoms with Crippen molar-refractivity contribution in [3.8, 4) is 0 Å². The van der Waals surface area contributed by atoms with Crippen molar-refractivity contribution in [2.45, 2.75) is 45.2 Å². The second-order valence-corrected chi connectivity index (χ2v) is 6.88. The molecule has 6 nitrogen and oxygen atoms in total. The molecule has 0 radical (unpaired) electrons. The molecule has 7 heteroatoms. The third-order valence-electron chi connectivity index (χ3n) is 3.97. The van der Waals surface area contributed by atoms with E-state index in [-0.39, 0.29) is 0 Å². The third-order valence-corrected chi connectivity index (χ3v) is 4.89. The van der Waals surface area contributed by atoms with Crippen molar-refractivity contribution in [2.75, 3.05) is 5.32 Å². The molecular weight excluding hydrogens is 296 g/mol. The highest BCUT2D eigenvalue weighted by atomic mass is 32.1. The number of aryl methyl sites for hydroxylation is 1. The van der Waals surface area contributed by atoms with E-state index in [4.69, 9.17) is 0 Å². The maximum absolute atomic E-state index is 4.63. The standard InChI is InChI=1S/C15H18N6S/c1-9(2)14-19-12-4-3-10(7-21(12)20-14)18-15-13-11(5-6-22-13)16-8-17-15/h5-6,8-10H,3-4,7H2,1-2H3,(H,16,17,18)/t10-/m1/s1. The highest BCUT2D eigenvalue weighted by molar-refractivity contribution is 7.17. The molecule has 1 aliphatic rings. The van der Waals surface area contributed by atoms with Gasteiger partial charge in [0.05, 0.1) is 16.8 Å². The lowest BCUT2D eigenvalue weighted by Crippen LogP contribution is -2.32. The number of hydrogen-bond donors (Lipinski definition) is 1. The Bertz CT molecular complexity index is 805. The van der Waals surface area contributed by atoms with Gasteiger partial charge < -0.3 is 5.32 Å². The van der Waals surface area contributed by atoms with Crippen molar-refractivity contribution in [2.24, 2.45) is 0 Å². The molecule has 0 saturated carbocycles. The first kappa shape index (κ1) is 13.6. The van der Waals surface area contributed by atoms with Gasteiger partial charge in [0.15, 0.2) is 5.82 Å². The number of thiophene rings is 1. The van der Waals surface area contributed by atoms with Gasteiger partial charge >= 0.3 is 0 Å². The van der Waals surface area contributed by atoms with Gasteiger partial charge in [0.1, 0.15) is 18.0 Å². The van der Waals surface area contributed by atoms with Crippen LogP contribution in [0, 0.1) is 0 Å². The van der Waals surface area contributed by atoms with Gasteiger partial charge in [-0.3, -0.25) is 0 Å². The second kappa shape index (κ2) is 5.31. The van der Waals surface area contributed by atoms with E-state index in [1.54, 1.807) is 17.7 Å². The molecule has 22 heavy (non-hydrogen) atoms. The summed E-state index contributed by atoms with van der Waals surface area (Å²) in [5, 5.41) is 10.2. The van der Waals surface area contributed by atoms with Gasteiger partial charge in [-0.05, 0) is 17.9 Å². The molecule has 0 unspecified atom stereocenters. The fourth-order valence-electron chi connectivity index (χ4n) is 2.78.